The second-order valence-corrected chi connectivity index (χ2v) is 4.71. The number of halogens is 2. The molecule has 2 aromatic heterocycles. The highest BCUT2D eigenvalue weighted by atomic mass is 19.3. The Morgan fingerprint density at radius 3 is 2.75 bits per heavy atom. The summed E-state index contributed by atoms with van der Waals surface area (Å²) in [5, 5.41) is 0. The highest BCUT2D eigenvalue weighted by Gasteiger charge is 2.14. The van der Waals surface area contributed by atoms with Gasteiger partial charge in [-0.2, -0.15) is 0 Å². The Balaban J connectivity index is 2.19. The molecule has 0 unspecified atom stereocenters. The molecule has 0 fully saturated rings. The largest absolute Gasteiger partial charge is 0.383 e. The summed E-state index contributed by atoms with van der Waals surface area (Å²) in [6.07, 6.45) is -0.631. The van der Waals surface area contributed by atoms with Crippen molar-refractivity contribution < 1.29 is 8.78 Å². The average molecular weight is 273 g/mol. The summed E-state index contributed by atoms with van der Waals surface area (Å²) in [6.45, 7) is 1.95. The van der Waals surface area contributed by atoms with Crippen LogP contribution in [0.5, 0.6) is 0 Å². The number of hydrogen-bond acceptors (Lipinski definition) is 2. The zero-order chi connectivity index (χ0) is 14.3. The van der Waals surface area contributed by atoms with Crippen molar-refractivity contribution in [2.24, 2.45) is 0 Å². The number of rotatable bonds is 2. The number of alkyl halides is 2. The normalized spacial score (nSPS) is 11.4. The monoisotopic (exact) mass is 273 g/mol. The highest BCUT2D eigenvalue weighted by Crippen LogP contribution is 2.29. The molecule has 3 nitrogen and oxygen atoms in total. The predicted molar refractivity (Wildman–Crippen MR) is 74.7 cm³/mol. The van der Waals surface area contributed by atoms with E-state index in [9.17, 15) is 8.78 Å². The third-order valence-electron chi connectivity index (χ3n) is 3.22. The van der Waals surface area contributed by atoms with Crippen LogP contribution in [0, 0.1) is 6.92 Å². The molecule has 0 aliphatic heterocycles. The Labute approximate surface area is 114 Å². The van der Waals surface area contributed by atoms with Crippen molar-refractivity contribution in [3.63, 3.8) is 0 Å². The molecule has 0 aliphatic rings. The minimum atomic E-state index is -2.50. The number of imidazole rings is 1. The molecule has 102 valence electrons. The molecule has 0 atom stereocenters. The van der Waals surface area contributed by atoms with Crippen LogP contribution in [-0.2, 0) is 0 Å². The van der Waals surface area contributed by atoms with Crippen molar-refractivity contribution in [3.8, 4) is 11.3 Å². The molecule has 3 aromatic rings. The number of nitrogens with two attached hydrogens (primary N) is 1. The van der Waals surface area contributed by atoms with Gasteiger partial charge in [-0.3, -0.25) is 4.40 Å². The molecule has 2 N–H and O–H groups in total. The maximum absolute atomic E-state index is 12.8. The second kappa shape index (κ2) is 4.59. The first kappa shape index (κ1) is 12.6. The molecule has 20 heavy (non-hydrogen) atoms. The van der Waals surface area contributed by atoms with E-state index >= 15 is 0 Å². The Bertz CT molecular complexity index is 778. The maximum Gasteiger partial charge on any atom is 0.263 e. The van der Waals surface area contributed by atoms with Crippen LogP contribution in [0.25, 0.3) is 16.9 Å². The lowest BCUT2D eigenvalue weighted by Crippen LogP contribution is -1.95. The maximum atomic E-state index is 12.8. The first-order valence-electron chi connectivity index (χ1n) is 6.19. The summed E-state index contributed by atoms with van der Waals surface area (Å²) in [4.78, 5) is 4.42. The average Bonchev–Trinajstić information content (AvgIpc) is 2.76. The van der Waals surface area contributed by atoms with E-state index in [0.717, 1.165) is 5.56 Å². The van der Waals surface area contributed by atoms with Gasteiger partial charge in [0, 0.05) is 17.3 Å². The van der Waals surface area contributed by atoms with Crippen LogP contribution in [0.2, 0.25) is 0 Å². The molecule has 5 heteroatoms. The van der Waals surface area contributed by atoms with Crippen LogP contribution in [0.15, 0.2) is 42.6 Å². The highest BCUT2D eigenvalue weighted by molar-refractivity contribution is 5.75. The van der Waals surface area contributed by atoms with Crippen molar-refractivity contribution in [1.82, 2.24) is 9.38 Å². The van der Waals surface area contributed by atoms with Crippen molar-refractivity contribution in [1.29, 1.82) is 0 Å². The van der Waals surface area contributed by atoms with Crippen molar-refractivity contribution >= 4 is 11.5 Å². The summed E-state index contributed by atoms with van der Waals surface area (Å²) in [5.41, 5.74) is 8.92. The third kappa shape index (κ3) is 2.01. The molecule has 0 saturated heterocycles. The number of aromatic nitrogens is 2. The Hall–Kier alpha value is -2.43. The van der Waals surface area contributed by atoms with Gasteiger partial charge in [0.25, 0.3) is 6.43 Å². The van der Waals surface area contributed by atoms with Crippen LogP contribution in [0.4, 0.5) is 14.6 Å². The van der Waals surface area contributed by atoms with Gasteiger partial charge in [-0.1, -0.05) is 24.3 Å². The summed E-state index contributed by atoms with van der Waals surface area (Å²) < 4.78 is 27.3. The molecule has 0 bridgehead atoms. The van der Waals surface area contributed by atoms with E-state index in [1.807, 2.05) is 25.3 Å². The Morgan fingerprint density at radius 1 is 1.20 bits per heavy atom. The van der Waals surface area contributed by atoms with Crippen LogP contribution in [0.1, 0.15) is 17.6 Å². The van der Waals surface area contributed by atoms with E-state index < -0.39 is 6.43 Å². The fraction of sp³-hybridized carbons (Fsp3) is 0.133. The van der Waals surface area contributed by atoms with Gasteiger partial charge >= 0.3 is 0 Å². The molecule has 0 aliphatic carbocycles. The lowest BCUT2D eigenvalue weighted by Gasteiger charge is -2.03. The number of nitrogen functional groups attached to an aromatic ring is 1. The summed E-state index contributed by atoms with van der Waals surface area (Å²) in [6, 6.07) is 9.93. The number of pyridine rings is 1. The van der Waals surface area contributed by atoms with E-state index in [1.54, 1.807) is 16.5 Å². The molecule has 0 saturated carbocycles. The topological polar surface area (TPSA) is 43.3 Å². The van der Waals surface area contributed by atoms with E-state index in [0.29, 0.717) is 22.7 Å². The van der Waals surface area contributed by atoms with Crippen molar-refractivity contribution in [3.05, 3.63) is 53.7 Å². The lowest BCUT2D eigenvalue weighted by molar-refractivity contribution is 0.151. The predicted octanol–water partition coefficient (Wildman–Crippen LogP) is 3.83. The summed E-state index contributed by atoms with van der Waals surface area (Å²) >= 11 is 0. The molecule has 1 aromatic carbocycles. The fourth-order valence-electron chi connectivity index (χ4n) is 2.20. The van der Waals surface area contributed by atoms with Crippen LogP contribution in [-0.4, -0.2) is 9.38 Å². The first-order chi connectivity index (χ1) is 9.56. The summed E-state index contributed by atoms with van der Waals surface area (Å²) in [7, 11) is 0. The number of benzene rings is 1. The molecule has 3 rings (SSSR count). The Morgan fingerprint density at radius 2 is 2.00 bits per heavy atom. The van der Waals surface area contributed by atoms with Gasteiger partial charge in [-0.05, 0) is 24.6 Å². The number of fused-ring (bicyclic) bond motifs is 1. The van der Waals surface area contributed by atoms with Gasteiger partial charge in [0.1, 0.15) is 17.2 Å². The molecular formula is C15H13F2N3. The standard InChI is InChI=1S/C15H13F2N3/c1-9-5-6-12-19-13(15(18)20(12)8-9)10-3-2-4-11(7-10)14(16)17/h2-8,14H,18H2,1H3. The fourth-order valence-corrected chi connectivity index (χ4v) is 2.20. The molecule has 0 amide bonds. The van der Waals surface area contributed by atoms with Crippen LogP contribution < -0.4 is 5.73 Å². The van der Waals surface area contributed by atoms with Gasteiger partial charge in [-0.25, -0.2) is 13.8 Å². The SMILES string of the molecule is Cc1ccc2nc(-c3cccc(C(F)F)c3)c(N)n2c1. The zero-order valence-electron chi connectivity index (χ0n) is 10.8. The minimum absolute atomic E-state index is 0.0323. The number of nitrogens with zero attached hydrogens (tertiary/aromatic N) is 2. The van der Waals surface area contributed by atoms with E-state index in [-0.39, 0.29) is 5.56 Å². The van der Waals surface area contributed by atoms with Crippen LogP contribution >= 0.6 is 0 Å². The van der Waals surface area contributed by atoms with Crippen LogP contribution in [0.3, 0.4) is 0 Å². The van der Waals surface area contributed by atoms with E-state index in [1.165, 1.54) is 12.1 Å². The van der Waals surface area contributed by atoms with Gasteiger partial charge in [0.2, 0.25) is 0 Å². The first-order valence-corrected chi connectivity index (χ1v) is 6.19. The quantitative estimate of drug-likeness (QED) is 0.771. The van der Waals surface area contributed by atoms with E-state index in [4.69, 9.17) is 5.73 Å². The smallest absolute Gasteiger partial charge is 0.263 e. The van der Waals surface area contributed by atoms with Crippen molar-refractivity contribution in [2.45, 2.75) is 13.3 Å². The third-order valence-corrected chi connectivity index (χ3v) is 3.22. The second-order valence-electron chi connectivity index (χ2n) is 4.71. The van der Waals surface area contributed by atoms with Gasteiger partial charge < -0.3 is 5.73 Å². The minimum Gasteiger partial charge on any atom is -0.383 e. The molecule has 0 radical (unpaired) electrons. The zero-order valence-corrected chi connectivity index (χ0v) is 10.8. The van der Waals surface area contributed by atoms with Gasteiger partial charge in [-0.15, -0.1) is 0 Å². The molecular weight excluding hydrogens is 260 g/mol. The number of anilines is 1. The lowest BCUT2D eigenvalue weighted by atomic mass is 10.1. The van der Waals surface area contributed by atoms with Gasteiger partial charge in [0.15, 0.2) is 0 Å². The summed E-state index contributed by atoms with van der Waals surface area (Å²) in [5.74, 6) is 0.454. The number of hydrogen-bond donors (Lipinski definition) is 1. The molecule has 0 spiro atoms. The number of aryl methyl sites for hydroxylation is 1. The Kier molecular flexibility index (Phi) is 2.89. The van der Waals surface area contributed by atoms with E-state index in [2.05, 4.69) is 4.98 Å². The van der Waals surface area contributed by atoms with Gasteiger partial charge in [0.05, 0.1) is 0 Å². The van der Waals surface area contributed by atoms with Crippen molar-refractivity contribution in [2.75, 3.05) is 5.73 Å². The molecule has 2 heterocycles.